The topological polar surface area (TPSA) is 16.4 Å². The van der Waals surface area contributed by atoms with Crippen LogP contribution in [0.2, 0.25) is 0 Å². The summed E-state index contributed by atoms with van der Waals surface area (Å²) < 4.78 is 9.10. The summed E-state index contributed by atoms with van der Waals surface area (Å²) in [6.07, 6.45) is 0. The van der Waals surface area contributed by atoms with E-state index in [1.807, 2.05) is 11.3 Å². The number of para-hydroxylation sites is 1. The van der Waals surface area contributed by atoms with Crippen molar-refractivity contribution in [2.75, 3.05) is 4.90 Å². The molecule has 2 aromatic heterocycles. The van der Waals surface area contributed by atoms with Gasteiger partial charge in [-0.1, -0.05) is 146 Å². The molecule has 0 amide bonds. The molecule has 0 aliphatic heterocycles. The zero-order valence-corrected chi connectivity index (χ0v) is 29.9. The molecule has 1 aliphatic rings. The molecule has 0 fully saturated rings. The maximum absolute atomic E-state index is 6.55. The molecule has 11 rings (SSSR count). The highest BCUT2D eigenvalue weighted by Crippen LogP contribution is 2.58. The van der Waals surface area contributed by atoms with Crippen LogP contribution in [0.5, 0.6) is 0 Å². The van der Waals surface area contributed by atoms with Crippen molar-refractivity contribution in [2.45, 2.75) is 12.3 Å². The van der Waals surface area contributed by atoms with Crippen molar-refractivity contribution in [1.82, 2.24) is 0 Å². The van der Waals surface area contributed by atoms with Crippen LogP contribution in [0.1, 0.15) is 23.6 Å². The quantitative estimate of drug-likeness (QED) is 0.178. The van der Waals surface area contributed by atoms with E-state index >= 15 is 0 Å². The normalized spacial score (nSPS) is 13.2. The monoisotopic (exact) mass is 695 g/mol. The van der Waals surface area contributed by atoms with Crippen molar-refractivity contribution in [3.63, 3.8) is 0 Å². The molecule has 53 heavy (non-hydrogen) atoms. The Labute approximate surface area is 311 Å². The number of fused-ring (bicyclic) bond motifs is 9. The van der Waals surface area contributed by atoms with Crippen LogP contribution in [0.3, 0.4) is 0 Å². The van der Waals surface area contributed by atoms with E-state index in [1.54, 1.807) is 0 Å². The van der Waals surface area contributed by atoms with E-state index in [0.29, 0.717) is 0 Å². The molecule has 2 nitrogen and oxygen atoms in total. The van der Waals surface area contributed by atoms with Crippen LogP contribution < -0.4 is 4.90 Å². The van der Waals surface area contributed by atoms with E-state index in [9.17, 15) is 0 Å². The second-order valence-electron chi connectivity index (χ2n) is 14.1. The van der Waals surface area contributed by atoms with Crippen molar-refractivity contribution in [1.29, 1.82) is 0 Å². The molecule has 0 saturated heterocycles. The van der Waals surface area contributed by atoms with Gasteiger partial charge >= 0.3 is 0 Å². The average Bonchev–Trinajstić information content (AvgIpc) is 3.88. The van der Waals surface area contributed by atoms with Gasteiger partial charge in [-0.2, -0.15) is 0 Å². The molecule has 10 aromatic rings. The molecule has 0 saturated carbocycles. The van der Waals surface area contributed by atoms with Crippen LogP contribution in [-0.2, 0) is 5.41 Å². The summed E-state index contributed by atoms with van der Waals surface area (Å²) in [4.78, 5) is 2.53. The number of hydrogen-bond acceptors (Lipinski definition) is 3. The fourth-order valence-electron chi connectivity index (χ4n) is 8.91. The Morgan fingerprint density at radius 1 is 0.472 bits per heavy atom. The zero-order valence-electron chi connectivity index (χ0n) is 29.1. The van der Waals surface area contributed by atoms with Crippen molar-refractivity contribution in [3.05, 3.63) is 199 Å². The summed E-state index contributed by atoms with van der Waals surface area (Å²) >= 11 is 1.89. The van der Waals surface area contributed by atoms with Gasteiger partial charge in [0.25, 0.3) is 0 Å². The second-order valence-corrected chi connectivity index (χ2v) is 15.2. The first-order chi connectivity index (χ1) is 26.2. The number of nitrogens with zero attached hydrogens (tertiary/aromatic N) is 1. The minimum atomic E-state index is -0.429. The molecular weight excluding hydrogens is 663 g/mol. The van der Waals surface area contributed by atoms with Gasteiger partial charge in [0, 0.05) is 32.0 Å². The first kappa shape index (κ1) is 30.2. The first-order valence-electron chi connectivity index (χ1n) is 18.2. The van der Waals surface area contributed by atoms with Crippen LogP contribution in [-0.4, -0.2) is 0 Å². The molecule has 0 bridgehead atoms. The van der Waals surface area contributed by atoms with E-state index < -0.39 is 5.41 Å². The predicted molar refractivity (Wildman–Crippen MR) is 224 cm³/mol. The SMILES string of the molecule is CC1(c2ccc3c(sc4ccccc43)c2N(c2ccc(-c3ccccc3)cc2)c2cccc3oc4ccccc4c23)c2ccccc2-c2ccccc21. The largest absolute Gasteiger partial charge is 0.456 e. The molecule has 8 aromatic carbocycles. The van der Waals surface area contributed by atoms with Crippen molar-refractivity contribution >= 4 is 70.5 Å². The van der Waals surface area contributed by atoms with Crippen LogP contribution in [0.15, 0.2) is 186 Å². The summed E-state index contributed by atoms with van der Waals surface area (Å²) in [5.74, 6) is 0. The average molecular weight is 696 g/mol. The summed E-state index contributed by atoms with van der Waals surface area (Å²) in [6, 6.07) is 66.2. The zero-order chi connectivity index (χ0) is 35.1. The lowest BCUT2D eigenvalue weighted by Crippen LogP contribution is -2.26. The molecule has 0 radical (unpaired) electrons. The standard InChI is InChI=1S/C50H33NOS/c1-50(40-20-9-5-16-35(40)36-17-6-10-21-41(36)50)42-31-30-38-37-18-8-12-25-46(37)53-49(38)48(42)51(34-28-26-33(27-29-34)32-14-3-2-4-15-32)43-22-13-24-45-47(43)39-19-7-11-23-44(39)52-45/h2-31H,1H3. The third-order valence-corrected chi connectivity index (χ3v) is 12.6. The lowest BCUT2D eigenvalue weighted by atomic mass is 9.73. The first-order valence-corrected chi connectivity index (χ1v) is 19.0. The molecule has 250 valence electrons. The summed E-state index contributed by atoms with van der Waals surface area (Å²) in [7, 11) is 0. The number of rotatable bonds is 5. The summed E-state index contributed by atoms with van der Waals surface area (Å²) in [5.41, 5.74) is 13.6. The van der Waals surface area contributed by atoms with Gasteiger partial charge in [0.15, 0.2) is 0 Å². The Hall–Kier alpha value is -6.42. The predicted octanol–water partition coefficient (Wildman–Crippen LogP) is 14.4. The smallest absolute Gasteiger partial charge is 0.137 e. The second kappa shape index (κ2) is 11.5. The number of thiophene rings is 1. The van der Waals surface area contributed by atoms with Gasteiger partial charge in [-0.25, -0.2) is 0 Å². The highest BCUT2D eigenvalue weighted by molar-refractivity contribution is 7.26. The van der Waals surface area contributed by atoms with Gasteiger partial charge in [0.05, 0.1) is 21.5 Å². The summed E-state index contributed by atoms with van der Waals surface area (Å²) in [6.45, 7) is 2.43. The number of benzene rings is 8. The van der Waals surface area contributed by atoms with Crippen LogP contribution >= 0.6 is 11.3 Å². The minimum Gasteiger partial charge on any atom is -0.456 e. The van der Waals surface area contributed by atoms with Gasteiger partial charge in [0.1, 0.15) is 11.2 Å². The lowest BCUT2D eigenvalue weighted by Gasteiger charge is -2.36. The maximum atomic E-state index is 6.55. The fraction of sp³-hybridized carbons (Fsp3) is 0.0400. The van der Waals surface area contributed by atoms with E-state index in [1.165, 1.54) is 64.8 Å². The molecule has 2 heterocycles. The Kier molecular flexibility index (Phi) is 6.58. The van der Waals surface area contributed by atoms with Crippen LogP contribution in [0, 0.1) is 0 Å². The Morgan fingerprint density at radius 3 is 1.87 bits per heavy atom. The Balaban J connectivity index is 1.29. The number of hydrogen-bond donors (Lipinski definition) is 0. The molecular formula is C50H33NOS. The molecule has 3 heteroatoms. The Morgan fingerprint density at radius 2 is 1.09 bits per heavy atom. The van der Waals surface area contributed by atoms with E-state index in [2.05, 4.69) is 194 Å². The van der Waals surface area contributed by atoms with Crippen molar-refractivity contribution in [2.24, 2.45) is 0 Å². The molecule has 1 aliphatic carbocycles. The van der Waals surface area contributed by atoms with Crippen LogP contribution in [0.25, 0.3) is 64.4 Å². The third kappa shape index (κ3) is 4.38. The number of anilines is 3. The van der Waals surface area contributed by atoms with Crippen molar-refractivity contribution < 1.29 is 4.42 Å². The van der Waals surface area contributed by atoms with E-state index in [0.717, 1.165) is 33.3 Å². The minimum absolute atomic E-state index is 0.429. The third-order valence-electron chi connectivity index (χ3n) is 11.4. The van der Waals surface area contributed by atoms with E-state index in [4.69, 9.17) is 4.42 Å². The van der Waals surface area contributed by atoms with Crippen molar-refractivity contribution in [3.8, 4) is 22.3 Å². The Bertz CT molecular complexity index is 2980. The molecule has 0 unspecified atom stereocenters. The number of furan rings is 1. The highest BCUT2D eigenvalue weighted by atomic mass is 32.1. The molecule has 0 N–H and O–H groups in total. The highest BCUT2D eigenvalue weighted by Gasteiger charge is 2.43. The van der Waals surface area contributed by atoms with E-state index in [-0.39, 0.29) is 0 Å². The van der Waals surface area contributed by atoms with Gasteiger partial charge < -0.3 is 9.32 Å². The lowest BCUT2D eigenvalue weighted by molar-refractivity contribution is 0.669. The van der Waals surface area contributed by atoms with Gasteiger partial charge in [-0.05, 0) is 82.3 Å². The summed E-state index contributed by atoms with van der Waals surface area (Å²) in [5, 5.41) is 4.76. The molecule has 0 spiro atoms. The van der Waals surface area contributed by atoms with Gasteiger partial charge in [-0.3, -0.25) is 0 Å². The van der Waals surface area contributed by atoms with Crippen LogP contribution in [0.4, 0.5) is 17.1 Å². The fourth-order valence-corrected chi connectivity index (χ4v) is 10.1. The van der Waals surface area contributed by atoms with Gasteiger partial charge in [-0.15, -0.1) is 11.3 Å². The van der Waals surface area contributed by atoms with Gasteiger partial charge in [0.2, 0.25) is 0 Å². The maximum Gasteiger partial charge on any atom is 0.137 e. The molecule has 0 atom stereocenters.